The van der Waals surface area contributed by atoms with Gasteiger partial charge in [-0.1, -0.05) is 17.3 Å². The van der Waals surface area contributed by atoms with Crippen LogP contribution in [0.3, 0.4) is 0 Å². The van der Waals surface area contributed by atoms with Crippen molar-refractivity contribution in [3.05, 3.63) is 77.3 Å². The summed E-state index contributed by atoms with van der Waals surface area (Å²) in [6.07, 6.45) is 2.04. The van der Waals surface area contributed by atoms with Crippen molar-refractivity contribution in [1.82, 2.24) is 25.2 Å². The third-order valence-electron chi connectivity index (χ3n) is 5.59. The molecule has 1 amide bonds. The van der Waals surface area contributed by atoms with E-state index in [1.807, 2.05) is 6.07 Å². The fourth-order valence-corrected chi connectivity index (χ4v) is 3.50. The smallest absolute Gasteiger partial charge is 0.227 e. The van der Waals surface area contributed by atoms with Gasteiger partial charge < -0.3 is 9.42 Å². The number of hydrogen-bond donors (Lipinski definition) is 1. The molecule has 7 nitrogen and oxygen atoms in total. The van der Waals surface area contributed by atoms with E-state index in [1.165, 1.54) is 18.2 Å². The highest BCUT2D eigenvalue weighted by Gasteiger charge is 2.14. The van der Waals surface area contributed by atoms with E-state index in [9.17, 15) is 13.6 Å². The second-order valence-corrected chi connectivity index (χ2v) is 8.18. The molecule has 0 spiro atoms. The van der Waals surface area contributed by atoms with Crippen LogP contribution in [0.4, 0.5) is 8.78 Å². The van der Waals surface area contributed by atoms with E-state index in [0.29, 0.717) is 35.8 Å². The number of aromatic amines is 1. The molecule has 0 aliphatic carbocycles. The topological polar surface area (TPSA) is 87.9 Å². The Labute approximate surface area is 195 Å². The van der Waals surface area contributed by atoms with Crippen LogP contribution in [0.5, 0.6) is 0 Å². The van der Waals surface area contributed by atoms with Crippen LogP contribution in [0.2, 0.25) is 0 Å². The molecule has 0 aliphatic rings. The Balaban J connectivity index is 1.22. The summed E-state index contributed by atoms with van der Waals surface area (Å²) in [7, 11) is 1.76. The van der Waals surface area contributed by atoms with Crippen molar-refractivity contribution < 1.29 is 18.1 Å². The Bertz CT molecular complexity index is 1270. The summed E-state index contributed by atoms with van der Waals surface area (Å²) in [5, 5.41) is 11.2. The van der Waals surface area contributed by atoms with Gasteiger partial charge in [-0.15, -0.1) is 0 Å². The lowest BCUT2D eigenvalue weighted by Gasteiger charge is -2.16. The Morgan fingerprint density at radius 2 is 1.82 bits per heavy atom. The molecule has 2 heterocycles. The second-order valence-electron chi connectivity index (χ2n) is 8.18. The molecule has 9 heteroatoms. The summed E-state index contributed by atoms with van der Waals surface area (Å²) >= 11 is 0. The van der Waals surface area contributed by atoms with Crippen molar-refractivity contribution in [2.75, 3.05) is 13.6 Å². The lowest BCUT2D eigenvalue weighted by molar-refractivity contribution is -0.130. The van der Waals surface area contributed by atoms with Crippen molar-refractivity contribution in [3.8, 4) is 22.6 Å². The van der Waals surface area contributed by atoms with Gasteiger partial charge in [0.15, 0.2) is 0 Å². The zero-order chi connectivity index (χ0) is 24.1. The zero-order valence-electron chi connectivity index (χ0n) is 19.0. The summed E-state index contributed by atoms with van der Waals surface area (Å²) in [4.78, 5) is 18.4. The van der Waals surface area contributed by atoms with Crippen molar-refractivity contribution in [2.45, 2.75) is 32.6 Å². The van der Waals surface area contributed by atoms with Crippen LogP contribution in [0.1, 0.15) is 30.0 Å². The first-order chi connectivity index (χ1) is 16.4. The van der Waals surface area contributed by atoms with E-state index in [-0.39, 0.29) is 24.0 Å². The molecule has 0 saturated carbocycles. The van der Waals surface area contributed by atoms with Crippen molar-refractivity contribution in [3.63, 3.8) is 0 Å². The normalized spacial score (nSPS) is 11.1. The molecule has 0 bridgehead atoms. The number of aromatic nitrogens is 4. The molecule has 0 atom stereocenters. The number of nitrogens with one attached hydrogen (secondary N) is 1. The molecule has 0 aliphatic heterocycles. The van der Waals surface area contributed by atoms with Crippen LogP contribution in [-0.2, 0) is 17.6 Å². The van der Waals surface area contributed by atoms with Crippen LogP contribution in [-0.4, -0.2) is 44.7 Å². The van der Waals surface area contributed by atoms with E-state index in [2.05, 4.69) is 20.3 Å². The van der Waals surface area contributed by atoms with Crippen molar-refractivity contribution in [2.24, 2.45) is 0 Å². The first-order valence-electron chi connectivity index (χ1n) is 11.0. The Kier molecular flexibility index (Phi) is 7.10. The van der Waals surface area contributed by atoms with Gasteiger partial charge in [0.1, 0.15) is 11.6 Å². The molecular weight excluding hydrogens is 440 g/mol. The van der Waals surface area contributed by atoms with E-state index >= 15 is 0 Å². The van der Waals surface area contributed by atoms with Gasteiger partial charge in [0, 0.05) is 43.3 Å². The number of carbonyl (C=O) groups excluding carboxylic acids is 1. The lowest BCUT2D eigenvalue weighted by Crippen LogP contribution is -2.28. The van der Waals surface area contributed by atoms with Gasteiger partial charge in [-0.3, -0.25) is 9.89 Å². The maximum absolute atomic E-state index is 13.8. The van der Waals surface area contributed by atoms with Gasteiger partial charge in [0.25, 0.3) is 0 Å². The van der Waals surface area contributed by atoms with Gasteiger partial charge >= 0.3 is 0 Å². The first kappa shape index (κ1) is 23.3. The number of amides is 1. The van der Waals surface area contributed by atoms with Gasteiger partial charge in [-0.05, 0) is 61.7 Å². The monoisotopic (exact) mass is 465 g/mol. The van der Waals surface area contributed by atoms with Crippen molar-refractivity contribution in [1.29, 1.82) is 0 Å². The summed E-state index contributed by atoms with van der Waals surface area (Å²) in [6.45, 7) is 2.27. The third kappa shape index (κ3) is 5.72. The summed E-state index contributed by atoms with van der Waals surface area (Å²) < 4.78 is 32.1. The van der Waals surface area contributed by atoms with E-state index in [4.69, 9.17) is 4.52 Å². The van der Waals surface area contributed by atoms with Gasteiger partial charge in [0.05, 0.1) is 5.69 Å². The van der Waals surface area contributed by atoms with Gasteiger partial charge in [-0.25, -0.2) is 8.78 Å². The summed E-state index contributed by atoms with van der Waals surface area (Å²) in [5.41, 5.74) is 3.62. The number of hydrogen-bond acceptors (Lipinski definition) is 5. The number of carbonyl (C=O) groups is 1. The number of halogens is 2. The molecule has 4 aromatic rings. The standard InChI is InChI=1S/C25H25F2N5O2/c1-16-5-6-18(14-21(16)27)25-28-23(34-31-25)11-12-24(33)32(2)13-3-4-20-15-22(30-29-20)17-7-9-19(26)10-8-17/h5-10,14-15H,3-4,11-13H2,1-2H3,(H,29,30). The van der Waals surface area contributed by atoms with Crippen LogP contribution in [0, 0.1) is 18.6 Å². The number of aryl methyl sites for hydroxylation is 3. The molecule has 176 valence electrons. The number of H-pyrrole nitrogens is 1. The Hall–Kier alpha value is -3.88. The molecule has 4 rings (SSSR count). The molecule has 1 N–H and O–H groups in total. The number of benzene rings is 2. The number of nitrogens with zero attached hydrogens (tertiary/aromatic N) is 4. The largest absolute Gasteiger partial charge is 0.346 e. The average Bonchev–Trinajstić information content (AvgIpc) is 3.50. The number of rotatable bonds is 9. The summed E-state index contributed by atoms with van der Waals surface area (Å²) in [5.74, 6) is -0.00797. The van der Waals surface area contributed by atoms with Crippen LogP contribution in [0.15, 0.2) is 53.1 Å². The van der Waals surface area contributed by atoms with E-state index in [0.717, 1.165) is 29.8 Å². The quantitative estimate of drug-likeness (QED) is 0.386. The minimum absolute atomic E-state index is 0.0299. The Morgan fingerprint density at radius 1 is 1.06 bits per heavy atom. The second kappa shape index (κ2) is 10.4. The predicted octanol–water partition coefficient (Wildman–Crippen LogP) is 4.74. The molecule has 0 radical (unpaired) electrons. The molecule has 34 heavy (non-hydrogen) atoms. The minimum atomic E-state index is -0.331. The minimum Gasteiger partial charge on any atom is -0.346 e. The van der Waals surface area contributed by atoms with E-state index in [1.54, 1.807) is 43.1 Å². The highest BCUT2D eigenvalue weighted by molar-refractivity contribution is 5.76. The van der Waals surface area contributed by atoms with Crippen molar-refractivity contribution >= 4 is 5.91 Å². The molecular formula is C25H25F2N5O2. The average molecular weight is 466 g/mol. The highest BCUT2D eigenvalue weighted by atomic mass is 19.1. The van der Waals surface area contributed by atoms with Gasteiger partial charge in [0.2, 0.25) is 17.6 Å². The van der Waals surface area contributed by atoms with Crippen LogP contribution < -0.4 is 0 Å². The molecule has 2 aromatic heterocycles. The maximum atomic E-state index is 13.8. The molecule has 2 aromatic carbocycles. The van der Waals surface area contributed by atoms with Crippen LogP contribution >= 0.6 is 0 Å². The third-order valence-corrected chi connectivity index (χ3v) is 5.59. The Morgan fingerprint density at radius 3 is 2.59 bits per heavy atom. The first-order valence-corrected chi connectivity index (χ1v) is 11.0. The zero-order valence-corrected chi connectivity index (χ0v) is 19.0. The fourth-order valence-electron chi connectivity index (χ4n) is 3.50. The highest BCUT2D eigenvalue weighted by Crippen LogP contribution is 2.20. The molecule has 0 saturated heterocycles. The van der Waals surface area contributed by atoms with Gasteiger partial charge in [-0.2, -0.15) is 10.1 Å². The van der Waals surface area contributed by atoms with Crippen LogP contribution in [0.25, 0.3) is 22.6 Å². The molecule has 0 unspecified atom stereocenters. The fraction of sp³-hybridized carbons (Fsp3) is 0.280. The predicted molar refractivity (Wildman–Crippen MR) is 123 cm³/mol. The lowest BCUT2D eigenvalue weighted by atomic mass is 10.1. The van der Waals surface area contributed by atoms with E-state index < -0.39 is 0 Å². The summed E-state index contributed by atoms with van der Waals surface area (Å²) in [6, 6.07) is 12.9. The maximum Gasteiger partial charge on any atom is 0.227 e. The molecule has 0 fully saturated rings. The SMILES string of the molecule is Cc1ccc(-c2noc(CCC(=O)N(C)CCCc3cc(-c4ccc(F)cc4)n[nH]3)n2)cc1F.